The Labute approximate surface area is 104 Å². The van der Waals surface area contributed by atoms with E-state index in [1.54, 1.807) is 12.1 Å². The van der Waals surface area contributed by atoms with Crippen LogP contribution in [0.15, 0.2) is 22.8 Å². The Kier molecular flexibility index (Phi) is 3.96. The highest BCUT2D eigenvalue weighted by molar-refractivity contribution is 5.89. The quantitative estimate of drug-likeness (QED) is 0.543. The van der Waals surface area contributed by atoms with Crippen molar-refractivity contribution in [3.05, 3.63) is 24.2 Å². The Morgan fingerprint density at radius 2 is 2.11 bits per heavy atom. The third-order valence-corrected chi connectivity index (χ3v) is 2.75. The second-order valence-electron chi connectivity index (χ2n) is 4.00. The maximum Gasteiger partial charge on any atom is 0.322 e. The smallest absolute Gasteiger partial charge is 0.322 e. The molecule has 0 bridgehead atoms. The van der Waals surface area contributed by atoms with Gasteiger partial charge in [-0.3, -0.25) is 9.59 Å². The molecule has 1 aliphatic rings. The lowest BCUT2D eigenvalue weighted by Gasteiger charge is -2.29. The van der Waals surface area contributed by atoms with Crippen molar-refractivity contribution in [2.45, 2.75) is 18.6 Å². The average molecular weight is 253 g/mol. The Hall–Kier alpha value is -1.86. The molecule has 1 aliphatic heterocycles. The normalized spacial score (nSPS) is 23.6. The Morgan fingerprint density at radius 1 is 1.39 bits per heavy atom. The first-order valence-corrected chi connectivity index (χ1v) is 5.68. The highest BCUT2D eigenvalue weighted by Crippen LogP contribution is 2.02. The first-order chi connectivity index (χ1) is 8.68. The van der Waals surface area contributed by atoms with Gasteiger partial charge in [0.2, 0.25) is 5.91 Å². The summed E-state index contributed by atoms with van der Waals surface area (Å²) in [6.07, 6.45) is 1.52. The molecule has 0 aromatic carbocycles. The van der Waals surface area contributed by atoms with Crippen LogP contribution in [0.25, 0.3) is 0 Å². The first kappa shape index (κ1) is 12.6. The van der Waals surface area contributed by atoms with E-state index in [0.717, 1.165) is 0 Å². The molecule has 1 aromatic rings. The maximum atomic E-state index is 11.9. The zero-order valence-electron chi connectivity index (χ0n) is 9.68. The number of carboxylic acid groups (broad SMARTS) is 1. The summed E-state index contributed by atoms with van der Waals surface area (Å²) >= 11 is 0. The number of piperazine rings is 1. The van der Waals surface area contributed by atoms with Crippen molar-refractivity contribution >= 4 is 11.9 Å². The molecule has 1 fully saturated rings. The van der Waals surface area contributed by atoms with E-state index in [2.05, 4.69) is 16.0 Å². The molecule has 0 aliphatic carbocycles. The van der Waals surface area contributed by atoms with Crippen LogP contribution in [0.2, 0.25) is 0 Å². The molecule has 4 N–H and O–H groups in total. The molecule has 7 nitrogen and oxygen atoms in total. The predicted molar refractivity (Wildman–Crippen MR) is 61.8 cm³/mol. The minimum Gasteiger partial charge on any atom is -0.480 e. The van der Waals surface area contributed by atoms with E-state index in [9.17, 15) is 9.59 Å². The van der Waals surface area contributed by atoms with Crippen LogP contribution in [0, 0.1) is 0 Å². The summed E-state index contributed by atoms with van der Waals surface area (Å²) in [7, 11) is 0. The molecule has 0 radical (unpaired) electrons. The molecular formula is C11H15N3O4. The van der Waals surface area contributed by atoms with Crippen molar-refractivity contribution in [1.82, 2.24) is 16.0 Å². The molecule has 2 heterocycles. The minimum atomic E-state index is -1.04. The predicted octanol–water partition coefficient (Wildman–Crippen LogP) is -1.09. The van der Waals surface area contributed by atoms with Gasteiger partial charge in [-0.2, -0.15) is 0 Å². The third kappa shape index (κ3) is 2.88. The number of aliphatic carboxylic acids is 1. The zero-order valence-corrected chi connectivity index (χ0v) is 9.68. The molecular weight excluding hydrogens is 238 g/mol. The van der Waals surface area contributed by atoms with Gasteiger partial charge < -0.3 is 25.5 Å². The van der Waals surface area contributed by atoms with Crippen molar-refractivity contribution in [2.24, 2.45) is 0 Å². The summed E-state index contributed by atoms with van der Waals surface area (Å²) in [5.41, 5.74) is 0. The lowest BCUT2D eigenvalue weighted by molar-refractivity contribution is -0.143. The van der Waals surface area contributed by atoms with Crippen LogP contribution in [0.3, 0.4) is 0 Å². The van der Waals surface area contributed by atoms with E-state index in [-0.39, 0.29) is 12.5 Å². The molecule has 1 saturated heterocycles. The van der Waals surface area contributed by atoms with Gasteiger partial charge in [0.15, 0.2) is 0 Å². The summed E-state index contributed by atoms with van der Waals surface area (Å²) in [6.45, 7) is 1.33. The number of amides is 1. The molecule has 0 spiro atoms. The SMILES string of the molecule is O=C(O)C1NCCNC1C(=O)NCc1ccco1. The number of carbonyl (C=O) groups is 2. The van der Waals surface area contributed by atoms with E-state index in [0.29, 0.717) is 18.8 Å². The lowest BCUT2D eigenvalue weighted by atomic mass is 10.1. The number of furan rings is 1. The van der Waals surface area contributed by atoms with Gasteiger partial charge in [-0.1, -0.05) is 0 Å². The van der Waals surface area contributed by atoms with Gasteiger partial charge in [-0.15, -0.1) is 0 Å². The van der Waals surface area contributed by atoms with Crippen molar-refractivity contribution < 1.29 is 19.1 Å². The second-order valence-corrected chi connectivity index (χ2v) is 4.00. The molecule has 98 valence electrons. The van der Waals surface area contributed by atoms with Crippen LogP contribution < -0.4 is 16.0 Å². The van der Waals surface area contributed by atoms with Crippen molar-refractivity contribution in [2.75, 3.05) is 13.1 Å². The standard InChI is InChI=1S/C11H15N3O4/c15-10(14-6-7-2-1-5-18-7)8-9(11(16)17)13-4-3-12-8/h1-2,5,8-9,12-13H,3-4,6H2,(H,14,15)(H,16,17). The van der Waals surface area contributed by atoms with Gasteiger partial charge in [0.1, 0.15) is 17.8 Å². The first-order valence-electron chi connectivity index (χ1n) is 5.68. The van der Waals surface area contributed by atoms with Crippen LogP contribution >= 0.6 is 0 Å². The summed E-state index contributed by atoms with van der Waals surface area (Å²) in [5, 5.41) is 17.3. The largest absolute Gasteiger partial charge is 0.480 e. The van der Waals surface area contributed by atoms with Gasteiger partial charge in [-0.25, -0.2) is 0 Å². The van der Waals surface area contributed by atoms with E-state index < -0.39 is 18.1 Å². The second kappa shape index (κ2) is 5.65. The van der Waals surface area contributed by atoms with Gasteiger partial charge in [0.05, 0.1) is 12.8 Å². The van der Waals surface area contributed by atoms with Crippen molar-refractivity contribution in [1.29, 1.82) is 0 Å². The van der Waals surface area contributed by atoms with Crippen molar-refractivity contribution in [3.63, 3.8) is 0 Å². The topological polar surface area (TPSA) is 104 Å². The fourth-order valence-electron chi connectivity index (χ4n) is 1.86. The van der Waals surface area contributed by atoms with Gasteiger partial charge in [0, 0.05) is 13.1 Å². The Morgan fingerprint density at radius 3 is 2.72 bits per heavy atom. The number of nitrogens with one attached hydrogen (secondary N) is 3. The van der Waals surface area contributed by atoms with Crippen LogP contribution in [0.4, 0.5) is 0 Å². The summed E-state index contributed by atoms with van der Waals surface area (Å²) < 4.78 is 5.08. The van der Waals surface area contributed by atoms with Crippen LogP contribution in [0.1, 0.15) is 5.76 Å². The summed E-state index contributed by atoms with van der Waals surface area (Å²) in [4.78, 5) is 22.9. The van der Waals surface area contributed by atoms with E-state index in [1.807, 2.05) is 0 Å². The third-order valence-electron chi connectivity index (χ3n) is 2.75. The molecule has 2 atom stereocenters. The Bertz CT molecular complexity index is 418. The van der Waals surface area contributed by atoms with Crippen LogP contribution in [-0.4, -0.2) is 42.2 Å². The van der Waals surface area contributed by atoms with Gasteiger partial charge in [-0.05, 0) is 12.1 Å². The van der Waals surface area contributed by atoms with Crippen molar-refractivity contribution in [3.8, 4) is 0 Å². The van der Waals surface area contributed by atoms with Crippen LogP contribution in [0.5, 0.6) is 0 Å². The summed E-state index contributed by atoms with van der Waals surface area (Å²) in [5.74, 6) is -0.773. The van der Waals surface area contributed by atoms with Gasteiger partial charge in [0.25, 0.3) is 0 Å². The number of hydrogen-bond acceptors (Lipinski definition) is 5. The van der Waals surface area contributed by atoms with E-state index in [4.69, 9.17) is 9.52 Å². The maximum absolute atomic E-state index is 11.9. The average Bonchev–Trinajstić information content (AvgIpc) is 2.89. The van der Waals surface area contributed by atoms with Crippen LogP contribution in [-0.2, 0) is 16.1 Å². The number of hydrogen-bond donors (Lipinski definition) is 4. The lowest BCUT2D eigenvalue weighted by Crippen LogP contribution is -2.64. The zero-order chi connectivity index (χ0) is 13.0. The van der Waals surface area contributed by atoms with E-state index >= 15 is 0 Å². The molecule has 1 aromatic heterocycles. The molecule has 2 rings (SSSR count). The van der Waals surface area contributed by atoms with E-state index in [1.165, 1.54) is 6.26 Å². The highest BCUT2D eigenvalue weighted by Gasteiger charge is 2.35. The van der Waals surface area contributed by atoms with Gasteiger partial charge >= 0.3 is 5.97 Å². The highest BCUT2D eigenvalue weighted by atomic mass is 16.4. The molecule has 18 heavy (non-hydrogen) atoms. The fraction of sp³-hybridized carbons (Fsp3) is 0.455. The number of carboxylic acids is 1. The minimum absolute atomic E-state index is 0.246. The molecule has 1 amide bonds. The fourth-order valence-corrected chi connectivity index (χ4v) is 1.86. The number of rotatable bonds is 4. The Balaban J connectivity index is 1.92. The molecule has 7 heteroatoms. The monoisotopic (exact) mass is 253 g/mol. The summed E-state index contributed by atoms with van der Waals surface area (Å²) in [6, 6.07) is 1.78. The number of carbonyl (C=O) groups excluding carboxylic acids is 1. The molecule has 0 saturated carbocycles. The molecule has 2 unspecified atom stereocenters.